The van der Waals surface area contributed by atoms with Gasteiger partial charge in [0.15, 0.2) is 0 Å². The molecule has 0 aromatic heterocycles. The third-order valence-electron chi connectivity index (χ3n) is 9.98. The predicted molar refractivity (Wildman–Crippen MR) is 240 cm³/mol. The van der Waals surface area contributed by atoms with E-state index in [2.05, 4.69) is 55.6 Å². The molecule has 0 heterocycles. The fourth-order valence-corrected chi connectivity index (χ4v) is 7.05. The van der Waals surface area contributed by atoms with Gasteiger partial charge in [0.05, 0.1) is 39.9 Å². The fourth-order valence-electron chi connectivity index (χ4n) is 6.31. The number of hydrogen-bond acceptors (Lipinski definition) is 5. The maximum Gasteiger partial charge on any atom is 0.472 e. The second kappa shape index (κ2) is 38.9. The Morgan fingerprint density at radius 3 is 1.50 bits per heavy atom. The number of nitrogens with one attached hydrogen (secondary N) is 1. The Balaban J connectivity index is 4.29. The van der Waals surface area contributed by atoms with Gasteiger partial charge >= 0.3 is 7.82 Å². The third kappa shape index (κ3) is 40.6. The molecule has 0 aromatic carbocycles. The van der Waals surface area contributed by atoms with E-state index in [1.54, 1.807) is 6.08 Å². The molecular weight excluding hydrogens is 719 g/mol. The van der Waals surface area contributed by atoms with E-state index in [0.717, 1.165) is 51.4 Å². The van der Waals surface area contributed by atoms with E-state index in [9.17, 15) is 19.4 Å². The van der Waals surface area contributed by atoms with E-state index < -0.39 is 20.0 Å². The van der Waals surface area contributed by atoms with Crippen molar-refractivity contribution in [3.8, 4) is 0 Å². The first kappa shape index (κ1) is 54.5. The average molecular weight is 810 g/mol. The Labute approximate surface area is 346 Å². The van der Waals surface area contributed by atoms with Gasteiger partial charge in [0.25, 0.3) is 0 Å². The highest BCUT2D eigenvalue weighted by Crippen LogP contribution is 2.43. The van der Waals surface area contributed by atoms with Crippen LogP contribution in [-0.2, 0) is 18.4 Å². The minimum atomic E-state index is -4.35. The van der Waals surface area contributed by atoms with E-state index in [1.165, 1.54) is 122 Å². The van der Waals surface area contributed by atoms with Crippen LogP contribution in [0, 0.1) is 0 Å². The number of phosphoric acid groups is 1. The highest BCUT2D eigenvalue weighted by molar-refractivity contribution is 7.47. The monoisotopic (exact) mass is 810 g/mol. The number of allylic oxidation sites excluding steroid dienone is 7. The van der Waals surface area contributed by atoms with Gasteiger partial charge in [0, 0.05) is 6.42 Å². The second-order valence-electron chi connectivity index (χ2n) is 16.8. The molecule has 0 rings (SSSR count). The number of carbonyl (C=O) groups is 1. The average Bonchev–Trinajstić information content (AvgIpc) is 3.15. The van der Waals surface area contributed by atoms with Gasteiger partial charge in [0.1, 0.15) is 13.2 Å². The summed E-state index contributed by atoms with van der Waals surface area (Å²) in [6.07, 6.45) is 49.1. The topological polar surface area (TPSA) is 105 Å². The van der Waals surface area contributed by atoms with Crippen molar-refractivity contribution < 1.29 is 32.9 Å². The summed E-state index contributed by atoms with van der Waals surface area (Å²) >= 11 is 0. The van der Waals surface area contributed by atoms with Crippen LogP contribution >= 0.6 is 7.82 Å². The van der Waals surface area contributed by atoms with Crippen LogP contribution < -0.4 is 5.32 Å². The number of likely N-dealkylation sites (N-methyl/N-ethyl adjacent to an activating group) is 1. The van der Waals surface area contributed by atoms with Crippen molar-refractivity contribution in [3.05, 3.63) is 48.6 Å². The van der Waals surface area contributed by atoms with Crippen molar-refractivity contribution in [2.45, 2.75) is 206 Å². The number of aliphatic hydroxyl groups is 1. The van der Waals surface area contributed by atoms with Crippen molar-refractivity contribution in [1.29, 1.82) is 0 Å². The van der Waals surface area contributed by atoms with E-state index in [-0.39, 0.29) is 19.1 Å². The van der Waals surface area contributed by atoms with Crippen molar-refractivity contribution in [3.63, 3.8) is 0 Å². The quantitative estimate of drug-likeness (QED) is 0.0246. The van der Waals surface area contributed by atoms with Crippen LogP contribution in [0.25, 0.3) is 0 Å². The smallest absolute Gasteiger partial charge is 0.387 e. The van der Waals surface area contributed by atoms with E-state index in [0.29, 0.717) is 17.4 Å². The summed E-state index contributed by atoms with van der Waals surface area (Å²) in [5, 5.41) is 13.8. The summed E-state index contributed by atoms with van der Waals surface area (Å²) in [6.45, 7) is 4.70. The highest BCUT2D eigenvalue weighted by Gasteiger charge is 2.27. The molecular formula is C47H90N2O6P+. The highest BCUT2D eigenvalue weighted by atomic mass is 31.2. The first-order valence-electron chi connectivity index (χ1n) is 23.0. The van der Waals surface area contributed by atoms with Gasteiger partial charge in [0.2, 0.25) is 5.91 Å². The van der Waals surface area contributed by atoms with Crippen LogP contribution in [0.5, 0.6) is 0 Å². The lowest BCUT2D eigenvalue weighted by atomic mass is 10.0. The zero-order valence-corrected chi connectivity index (χ0v) is 38.0. The zero-order valence-electron chi connectivity index (χ0n) is 37.1. The van der Waals surface area contributed by atoms with E-state index in [4.69, 9.17) is 9.05 Å². The van der Waals surface area contributed by atoms with Crippen molar-refractivity contribution >= 4 is 13.7 Å². The maximum absolute atomic E-state index is 12.9. The first-order chi connectivity index (χ1) is 27.0. The van der Waals surface area contributed by atoms with E-state index >= 15 is 0 Å². The number of aliphatic hydroxyl groups excluding tert-OH is 1. The normalized spacial score (nSPS) is 14.8. The molecule has 3 unspecified atom stereocenters. The number of nitrogens with zero attached hydrogens (tertiary/aromatic N) is 1. The summed E-state index contributed by atoms with van der Waals surface area (Å²) in [6, 6.07) is -0.870. The minimum Gasteiger partial charge on any atom is -0.387 e. The molecule has 0 fully saturated rings. The molecule has 56 heavy (non-hydrogen) atoms. The molecule has 3 N–H and O–H groups in total. The van der Waals surface area contributed by atoms with Gasteiger partial charge in [-0.3, -0.25) is 13.8 Å². The molecule has 0 radical (unpaired) electrons. The number of phosphoric ester groups is 1. The summed E-state index contributed by atoms with van der Waals surface area (Å²) in [5.41, 5.74) is 0. The van der Waals surface area contributed by atoms with Gasteiger partial charge in [-0.25, -0.2) is 4.57 Å². The molecule has 1 amide bonds. The largest absolute Gasteiger partial charge is 0.472 e. The van der Waals surface area contributed by atoms with Crippen LogP contribution in [0.4, 0.5) is 0 Å². The van der Waals surface area contributed by atoms with E-state index in [1.807, 2.05) is 27.2 Å². The molecule has 9 heteroatoms. The molecule has 0 saturated carbocycles. The molecule has 328 valence electrons. The molecule has 0 aromatic rings. The number of amides is 1. The summed E-state index contributed by atoms with van der Waals surface area (Å²) < 4.78 is 23.5. The Hall–Kier alpha value is -1.54. The Bertz CT molecular complexity index is 1050. The van der Waals surface area contributed by atoms with Crippen LogP contribution in [0.2, 0.25) is 0 Å². The lowest BCUT2D eigenvalue weighted by Gasteiger charge is -2.25. The lowest BCUT2D eigenvalue weighted by Crippen LogP contribution is -2.45. The summed E-state index contributed by atoms with van der Waals surface area (Å²) in [4.78, 5) is 23.1. The molecule has 0 aliphatic rings. The maximum atomic E-state index is 12.9. The Kier molecular flexibility index (Phi) is 37.9. The third-order valence-corrected chi connectivity index (χ3v) is 11.0. The van der Waals surface area contributed by atoms with Crippen molar-refractivity contribution in [2.75, 3.05) is 40.9 Å². The van der Waals surface area contributed by atoms with Crippen LogP contribution in [-0.4, -0.2) is 73.4 Å². The van der Waals surface area contributed by atoms with Gasteiger partial charge in [-0.1, -0.05) is 172 Å². The number of rotatable bonds is 41. The lowest BCUT2D eigenvalue weighted by molar-refractivity contribution is -0.870. The standard InChI is InChI=1S/C47H89N2O6P/c1-6-8-10-12-14-16-18-19-20-21-22-23-24-25-26-27-28-29-31-33-35-37-39-41-47(51)48-45(44-55-56(52,53)54-43-42-49(3,4)5)46(50)40-38-36-34-32-30-17-15-13-11-9-7-2/h11,13,25-26,30,32,38,40,45-46,50H,6-10,12,14-24,27-29,31,33-37,39,41-44H2,1-5H3,(H-,48,51,52,53)/p+1/b13-11+,26-25-,32-30+,40-38+. The van der Waals surface area contributed by atoms with Crippen molar-refractivity contribution in [2.24, 2.45) is 0 Å². The van der Waals surface area contributed by atoms with Crippen LogP contribution in [0.15, 0.2) is 48.6 Å². The number of quaternary nitrogens is 1. The fraction of sp³-hybridized carbons (Fsp3) is 0.809. The number of carbonyl (C=O) groups excluding carboxylic acids is 1. The molecule has 3 atom stereocenters. The Morgan fingerprint density at radius 2 is 1.02 bits per heavy atom. The van der Waals surface area contributed by atoms with Gasteiger partial charge < -0.3 is 19.8 Å². The van der Waals surface area contributed by atoms with Crippen molar-refractivity contribution in [1.82, 2.24) is 5.32 Å². The van der Waals surface area contributed by atoms with Crippen LogP contribution in [0.1, 0.15) is 194 Å². The SMILES string of the molecule is CCC/C=C/CC/C=C/CC/C=C/C(O)C(COP(=O)(O)OCC[N+](C)(C)C)NC(=O)CCCCCCCCC/C=C\CCCCCCCCCCCCCC. The number of unbranched alkanes of at least 4 members (excludes halogenated alkanes) is 22. The molecule has 8 nitrogen and oxygen atoms in total. The second-order valence-corrected chi connectivity index (χ2v) is 18.2. The minimum absolute atomic E-state index is 0.0515. The summed E-state index contributed by atoms with van der Waals surface area (Å²) in [7, 11) is 1.54. The summed E-state index contributed by atoms with van der Waals surface area (Å²) in [5.74, 6) is -0.198. The van der Waals surface area contributed by atoms with Crippen LogP contribution in [0.3, 0.4) is 0 Å². The molecule has 0 bridgehead atoms. The first-order valence-corrected chi connectivity index (χ1v) is 24.5. The molecule has 0 spiro atoms. The molecule has 0 aliphatic heterocycles. The van der Waals surface area contributed by atoms with Gasteiger partial charge in [-0.05, 0) is 64.2 Å². The Morgan fingerprint density at radius 1 is 0.589 bits per heavy atom. The number of hydrogen-bond donors (Lipinski definition) is 3. The molecule has 0 saturated heterocycles. The van der Waals surface area contributed by atoms with Gasteiger partial charge in [-0.15, -0.1) is 0 Å². The molecule has 0 aliphatic carbocycles. The predicted octanol–water partition coefficient (Wildman–Crippen LogP) is 12.9. The zero-order chi connectivity index (χ0) is 41.4. The van der Waals surface area contributed by atoms with Gasteiger partial charge in [-0.2, -0.15) is 0 Å².